The van der Waals surface area contributed by atoms with Crippen molar-refractivity contribution in [1.82, 2.24) is 4.90 Å². The highest BCUT2D eigenvalue weighted by molar-refractivity contribution is 7.09. The Morgan fingerprint density at radius 1 is 1.67 bits per heavy atom. The van der Waals surface area contributed by atoms with Gasteiger partial charge in [-0.05, 0) is 18.4 Å². The van der Waals surface area contributed by atoms with Crippen LogP contribution >= 0.6 is 11.3 Å². The molecule has 0 saturated carbocycles. The Labute approximate surface area is 94.3 Å². The zero-order valence-corrected chi connectivity index (χ0v) is 9.74. The summed E-state index contributed by atoms with van der Waals surface area (Å²) in [5, 5.41) is 11.2. The third-order valence-electron chi connectivity index (χ3n) is 2.78. The minimum Gasteiger partial charge on any atom is -0.394 e. The van der Waals surface area contributed by atoms with E-state index in [0.717, 1.165) is 19.7 Å². The van der Waals surface area contributed by atoms with Crippen LogP contribution in [0.3, 0.4) is 0 Å². The molecule has 3 nitrogen and oxygen atoms in total. The van der Waals surface area contributed by atoms with Crippen molar-refractivity contribution in [2.75, 3.05) is 19.8 Å². The van der Waals surface area contributed by atoms with E-state index in [1.807, 2.05) is 0 Å². The van der Waals surface area contributed by atoms with Crippen LogP contribution in [0.1, 0.15) is 11.8 Å². The van der Waals surface area contributed by atoms with Gasteiger partial charge >= 0.3 is 0 Å². The van der Waals surface area contributed by atoms with Crippen molar-refractivity contribution in [3.8, 4) is 0 Å². The molecule has 0 aromatic carbocycles. The Morgan fingerprint density at radius 3 is 3.20 bits per heavy atom. The van der Waals surface area contributed by atoms with Crippen molar-refractivity contribution < 1.29 is 9.84 Å². The molecule has 0 radical (unpaired) electrons. The van der Waals surface area contributed by atoms with Gasteiger partial charge in [-0.2, -0.15) is 0 Å². The number of nitrogens with zero attached hydrogens (tertiary/aromatic N) is 1. The number of morpholine rings is 1. The van der Waals surface area contributed by atoms with Gasteiger partial charge in [-0.25, -0.2) is 0 Å². The van der Waals surface area contributed by atoms with Gasteiger partial charge < -0.3 is 9.84 Å². The molecule has 0 bridgehead atoms. The maximum absolute atomic E-state index is 9.07. The Balaban J connectivity index is 1.94. The average Bonchev–Trinajstić information content (AvgIpc) is 2.74. The lowest BCUT2D eigenvalue weighted by molar-refractivity contribution is -0.0802. The van der Waals surface area contributed by atoms with Crippen LogP contribution in [0.5, 0.6) is 0 Å². The molecule has 0 amide bonds. The molecule has 1 aliphatic heterocycles. The van der Waals surface area contributed by atoms with Crippen molar-refractivity contribution >= 4 is 11.3 Å². The molecule has 84 valence electrons. The average molecular weight is 227 g/mol. The molecule has 1 fully saturated rings. The van der Waals surface area contributed by atoms with E-state index < -0.39 is 0 Å². The first-order chi connectivity index (χ1) is 7.29. The second-order valence-corrected chi connectivity index (χ2v) is 5.03. The monoisotopic (exact) mass is 227 g/mol. The summed E-state index contributed by atoms with van der Waals surface area (Å²) in [7, 11) is 0. The van der Waals surface area contributed by atoms with Gasteiger partial charge in [0.2, 0.25) is 0 Å². The second-order valence-electron chi connectivity index (χ2n) is 4.00. The highest BCUT2D eigenvalue weighted by atomic mass is 32.1. The molecule has 2 heterocycles. The molecule has 0 spiro atoms. The van der Waals surface area contributed by atoms with Gasteiger partial charge in [-0.15, -0.1) is 11.3 Å². The first-order valence-electron chi connectivity index (χ1n) is 5.28. The normalized spacial score (nSPS) is 28.1. The Hall–Kier alpha value is -0.420. The maximum atomic E-state index is 9.07. The predicted molar refractivity (Wildman–Crippen MR) is 61.0 cm³/mol. The largest absolute Gasteiger partial charge is 0.394 e. The van der Waals surface area contributed by atoms with Crippen LogP contribution in [0.2, 0.25) is 0 Å². The number of hydrogen-bond acceptors (Lipinski definition) is 4. The van der Waals surface area contributed by atoms with Crippen LogP contribution in [-0.2, 0) is 11.3 Å². The molecular weight excluding hydrogens is 210 g/mol. The van der Waals surface area contributed by atoms with E-state index in [9.17, 15) is 0 Å². The van der Waals surface area contributed by atoms with Gasteiger partial charge in [0.25, 0.3) is 0 Å². The number of ether oxygens (including phenoxy) is 1. The first kappa shape index (κ1) is 11.1. The van der Waals surface area contributed by atoms with E-state index in [1.54, 1.807) is 11.3 Å². The van der Waals surface area contributed by atoms with Gasteiger partial charge in [0.15, 0.2) is 0 Å². The Bertz CT molecular complexity index is 289. The van der Waals surface area contributed by atoms with Crippen molar-refractivity contribution in [2.24, 2.45) is 0 Å². The Kier molecular flexibility index (Phi) is 3.75. The summed E-state index contributed by atoms with van der Waals surface area (Å²) in [5.41, 5.74) is 0. The standard InChI is InChI=1S/C11H17NO2S/c1-9-8-14-10(7-13)5-12(9)6-11-3-2-4-15-11/h2-4,9-10,13H,5-8H2,1H3. The van der Waals surface area contributed by atoms with Crippen molar-refractivity contribution in [3.05, 3.63) is 22.4 Å². The molecule has 0 aliphatic carbocycles. The van der Waals surface area contributed by atoms with Gasteiger partial charge in [0, 0.05) is 24.0 Å². The first-order valence-corrected chi connectivity index (χ1v) is 6.16. The minimum absolute atomic E-state index is 0.0128. The third kappa shape index (κ3) is 2.78. The SMILES string of the molecule is CC1COC(CO)CN1Cc1cccs1. The van der Waals surface area contributed by atoms with E-state index in [4.69, 9.17) is 9.84 Å². The fourth-order valence-corrected chi connectivity index (χ4v) is 2.54. The summed E-state index contributed by atoms with van der Waals surface area (Å²) in [6.45, 7) is 4.81. The van der Waals surface area contributed by atoms with Gasteiger partial charge in [-0.3, -0.25) is 4.90 Å². The van der Waals surface area contributed by atoms with E-state index in [0.29, 0.717) is 6.04 Å². The number of aliphatic hydroxyl groups is 1. The van der Waals surface area contributed by atoms with Crippen LogP contribution in [0, 0.1) is 0 Å². The maximum Gasteiger partial charge on any atom is 0.0933 e. The number of rotatable bonds is 3. The van der Waals surface area contributed by atoms with E-state index in [-0.39, 0.29) is 12.7 Å². The third-order valence-corrected chi connectivity index (χ3v) is 3.64. The minimum atomic E-state index is -0.0128. The lowest BCUT2D eigenvalue weighted by atomic mass is 10.2. The molecule has 4 heteroatoms. The zero-order chi connectivity index (χ0) is 10.7. The number of hydrogen-bond donors (Lipinski definition) is 1. The fraction of sp³-hybridized carbons (Fsp3) is 0.636. The predicted octanol–water partition coefficient (Wildman–Crippen LogP) is 1.33. The molecule has 1 aromatic heterocycles. The summed E-state index contributed by atoms with van der Waals surface area (Å²) >= 11 is 1.78. The summed E-state index contributed by atoms with van der Waals surface area (Å²) < 4.78 is 5.50. The van der Waals surface area contributed by atoms with Gasteiger partial charge in [-0.1, -0.05) is 6.07 Å². The molecule has 15 heavy (non-hydrogen) atoms. The van der Waals surface area contributed by atoms with Crippen LogP contribution in [0.15, 0.2) is 17.5 Å². The molecule has 1 saturated heterocycles. The lowest BCUT2D eigenvalue weighted by Crippen LogP contribution is -2.48. The summed E-state index contributed by atoms with van der Waals surface area (Å²) in [6, 6.07) is 4.67. The topological polar surface area (TPSA) is 32.7 Å². The summed E-state index contributed by atoms with van der Waals surface area (Å²) in [4.78, 5) is 3.75. The smallest absolute Gasteiger partial charge is 0.0933 e. The van der Waals surface area contributed by atoms with Gasteiger partial charge in [0.05, 0.1) is 19.3 Å². The molecular formula is C11H17NO2S. The van der Waals surface area contributed by atoms with E-state index >= 15 is 0 Å². The quantitative estimate of drug-likeness (QED) is 0.845. The number of aliphatic hydroxyl groups excluding tert-OH is 1. The molecule has 1 aromatic rings. The summed E-state index contributed by atoms with van der Waals surface area (Å²) in [5.74, 6) is 0. The Morgan fingerprint density at radius 2 is 2.53 bits per heavy atom. The molecule has 1 N–H and O–H groups in total. The lowest BCUT2D eigenvalue weighted by Gasteiger charge is -2.37. The van der Waals surface area contributed by atoms with E-state index in [1.165, 1.54) is 4.88 Å². The molecule has 2 unspecified atom stereocenters. The molecule has 1 aliphatic rings. The summed E-state index contributed by atoms with van der Waals surface area (Å²) in [6.07, 6.45) is -0.0128. The molecule has 2 rings (SSSR count). The van der Waals surface area contributed by atoms with E-state index in [2.05, 4.69) is 29.3 Å². The van der Waals surface area contributed by atoms with Gasteiger partial charge in [0.1, 0.15) is 0 Å². The highest BCUT2D eigenvalue weighted by Crippen LogP contribution is 2.18. The van der Waals surface area contributed by atoms with Crippen molar-refractivity contribution in [1.29, 1.82) is 0 Å². The fourth-order valence-electron chi connectivity index (χ4n) is 1.81. The van der Waals surface area contributed by atoms with Crippen LogP contribution in [0.4, 0.5) is 0 Å². The van der Waals surface area contributed by atoms with Crippen LogP contribution < -0.4 is 0 Å². The number of thiophene rings is 1. The molecule has 2 atom stereocenters. The zero-order valence-electron chi connectivity index (χ0n) is 8.93. The van der Waals surface area contributed by atoms with Crippen LogP contribution in [0.25, 0.3) is 0 Å². The second kappa shape index (κ2) is 5.07. The van der Waals surface area contributed by atoms with Crippen LogP contribution in [-0.4, -0.2) is 41.9 Å². The van der Waals surface area contributed by atoms with Crippen molar-refractivity contribution in [3.63, 3.8) is 0 Å². The van der Waals surface area contributed by atoms with Crippen molar-refractivity contribution in [2.45, 2.75) is 25.6 Å². The highest BCUT2D eigenvalue weighted by Gasteiger charge is 2.25.